The molecule has 0 saturated carbocycles. The van der Waals surface area contributed by atoms with Crippen molar-refractivity contribution in [3.8, 4) is 0 Å². The minimum absolute atomic E-state index is 0.179. The third kappa shape index (κ3) is 5.65. The first-order chi connectivity index (χ1) is 4.31. The molecule has 9 heavy (non-hydrogen) atoms. The van der Waals surface area contributed by atoms with E-state index in [0.29, 0.717) is 6.61 Å². The molecule has 0 aromatic heterocycles. The molecule has 0 amide bonds. The van der Waals surface area contributed by atoms with E-state index in [2.05, 4.69) is 9.47 Å². The normalized spacial score (nSPS) is 13.7. The van der Waals surface area contributed by atoms with Crippen LogP contribution in [0.15, 0.2) is 0 Å². The molecule has 0 bridgehead atoms. The van der Waals surface area contributed by atoms with Crippen LogP contribution in [0.4, 0.5) is 8.78 Å². The fraction of sp³-hybridized carbons (Fsp3) is 1.00. The van der Waals surface area contributed by atoms with Crippen LogP contribution in [-0.4, -0.2) is 26.4 Å². The second kappa shape index (κ2) is 5.91. The number of alkyl halides is 2. The van der Waals surface area contributed by atoms with E-state index in [1.165, 1.54) is 0 Å². The highest BCUT2D eigenvalue weighted by atomic mass is 19.2. The van der Waals surface area contributed by atoms with E-state index in [-0.39, 0.29) is 6.79 Å². The Bertz CT molecular complexity index is 60.9. The molecule has 0 spiro atoms. The van der Waals surface area contributed by atoms with E-state index >= 15 is 0 Å². The Balaban J connectivity index is 2.88. The molecule has 1 atom stereocenters. The van der Waals surface area contributed by atoms with Crippen molar-refractivity contribution >= 4 is 0 Å². The Morgan fingerprint density at radius 1 is 1.56 bits per heavy atom. The van der Waals surface area contributed by atoms with Gasteiger partial charge in [0.25, 0.3) is 0 Å². The number of hydrogen-bond donors (Lipinski definition) is 0. The van der Waals surface area contributed by atoms with Crippen LogP contribution in [0.5, 0.6) is 0 Å². The highest BCUT2D eigenvalue weighted by molar-refractivity contribution is 4.30. The van der Waals surface area contributed by atoms with Gasteiger partial charge in [-0.05, 0) is 6.92 Å². The molecule has 0 aliphatic rings. The van der Waals surface area contributed by atoms with Crippen molar-refractivity contribution in [3.63, 3.8) is 0 Å². The van der Waals surface area contributed by atoms with Crippen molar-refractivity contribution in [1.29, 1.82) is 0 Å². The average Bonchev–Trinajstić information content (AvgIpc) is 1.89. The maximum absolute atomic E-state index is 11.8. The van der Waals surface area contributed by atoms with Crippen LogP contribution in [0.2, 0.25) is 0 Å². The van der Waals surface area contributed by atoms with Crippen LogP contribution in [0.3, 0.4) is 0 Å². The second-order valence-electron chi connectivity index (χ2n) is 1.34. The third-order valence-corrected chi connectivity index (χ3v) is 0.658. The fourth-order valence-electron chi connectivity index (χ4n) is 0.250. The van der Waals surface area contributed by atoms with Gasteiger partial charge in [-0.25, -0.2) is 8.78 Å². The molecule has 0 aliphatic carbocycles. The molecule has 0 saturated heterocycles. The molecule has 0 rings (SSSR count). The maximum atomic E-state index is 11.8. The van der Waals surface area contributed by atoms with Gasteiger partial charge in [-0.1, -0.05) is 0 Å². The first-order valence-corrected chi connectivity index (χ1v) is 2.70. The molecule has 1 unspecified atom stereocenters. The van der Waals surface area contributed by atoms with Gasteiger partial charge in [0.2, 0.25) is 6.36 Å². The zero-order valence-corrected chi connectivity index (χ0v) is 5.27. The highest BCUT2D eigenvalue weighted by Gasteiger charge is 2.02. The summed E-state index contributed by atoms with van der Waals surface area (Å²) in [5, 5.41) is 0. The molecule has 56 valence electrons. The molecule has 0 aromatic carbocycles. The largest absolute Gasteiger partial charge is 0.356 e. The van der Waals surface area contributed by atoms with Crippen LogP contribution in [0.1, 0.15) is 6.92 Å². The van der Waals surface area contributed by atoms with E-state index in [0.717, 1.165) is 0 Å². The van der Waals surface area contributed by atoms with Gasteiger partial charge >= 0.3 is 0 Å². The summed E-state index contributed by atoms with van der Waals surface area (Å²) < 4.78 is 31.8. The van der Waals surface area contributed by atoms with Gasteiger partial charge in [0.15, 0.2) is 0 Å². The standard InChI is InChI=1S/C5H10F2O2/c1-2-8-4-9-5(7)3-6/h5H,2-4H2,1H3. The van der Waals surface area contributed by atoms with Crippen molar-refractivity contribution in [2.24, 2.45) is 0 Å². The van der Waals surface area contributed by atoms with Crippen LogP contribution in [-0.2, 0) is 9.47 Å². The number of halogens is 2. The van der Waals surface area contributed by atoms with Gasteiger partial charge in [-0.15, -0.1) is 0 Å². The summed E-state index contributed by atoms with van der Waals surface area (Å²) in [5.74, 6) is 0. The molecular formula is C5H10F2O2. The van der Waals surface area contributed by atoms with E-state index in [1.807, 2.05) is 0 Å². The molecule has 2 nitrogen and oxygen atoms in total. The molecule has 4 heteroatoms. The summed E-state index contributed by atoms with van der Waals surface area (Å²) in [6, 6.07) is 0. The molecular weight excluding hydrogens is 130 g/mol. The van der Waals surface area contributed by atoms with Crippen molar-refractivity contribution in [2.45, 2.75) is 13.3 Å². The Kier molecular flexibility index (Phi) is 5.76. The van der Waals surface area contributed by atoms with E-state index in [9.17, 15) is 8.78 Å². The van der Waals surface area contributed by atoms with E-state index in [1.54, 1.807) is 6.92 Å². The third-order valence-electron chi connectivity index (χ3n) is 0.658. The lowest BCUT2D eigenvalue weighted by Gasteiger charge is -2.04. The smallest absolute Gasteiger partial charge is 0.229 e. The summed E-state index contributed by atoms with van der Waals surface area (Å²) in [6.45, 7) is 0.889. The lowest BCUT2D eigenvalue weighted by Crippen LogP contribution is -2.11. The van der Waals surface area contributed by atoms with Crippen LogP contribution in [0.25, 0.3) is 0 Å². The van der Waals surface area contributed by atoms with Gasteiger partial charge < -0.3 is 9.47 Å². The SMILES string of the molecule is CCOCOC(F)CF. The van der Waals surface area contributed by atoms with Crippen molar-refractivity contribution in [3.05, 3.63) is 0 Å². The Labute approximate surface area is 52.8 Å². The first-order valence-electron chi connectivity index (χ1n) is 2.70. The van der Waals surface area contributed by atoms with Crippen LogP contribution < -0.4 is 0 Å². The van der Waals surface area contributed by atoms with Crippen molar-refractivity contribution < 1.29 is 18.3 Å². The monoisotopic (exact) mass is 140 g/mol. The highest BCUT2D eigenvalue weighted by Crippen LogP contribution is 1.93. The summed E-state index contributed by atoms with van der Waals surface area (Å²) in [6.07, 6.45) is -1.84. The lowest BCUT2D eigenvalue weighted by atomic mass is 10.8. The average molecular weight is 140 g/mol. The Hall–Kier alpha value is -0.220. The minimum Gasteiger partial charge on any atom is -0.356 e. The molecule has 0 radical (unpaired) electrons. The first kappa shape index (κ1) is 8.78. The summed E-state index contributed by atoms with van der Waals surface area (Å²) in [5.41, 5.74) is 0. The van der Waals surface area contributed by atoms with Gasteiger partial charge in [0.05, 0.1) is 0 Å². The summed E-state index contributed by atoms with van der Waals surface area (Å²) in [4.78, 5) is 0. The van der Waals surface area contributed by atoms with Crippen molar-refractivity contribution in [1.82, 2.24) is 0 Å². The summed E-state index contributed by atoms with van der Waals surface area (Å²) in [7, 11) is 0. The lowest BCUT2D eigenvalue weighted by molar-refractivity contribution is -0.138. The fourth-order valence-corrected chi connectivity index (χ4v) is 0.250. The Morgan fingerprint density at radius 2 is 2.22 bits per heavy atom. The second-order valence-corrected chi connectivity index (χ2v) is 1.34. The van der Waals surface area contributed by atoms with E-state index < -0.39 is 13.0 Å². The number of ether oxygens (including phenoxy) is 2. The zero-order chi connectivity index (χ0) is 7.11. The molecule has 0 fully saturated rings. The maximum Gasteiger partial charge on any atom is 0.229 e. The van der Waals surface area contributed by atoms with Gasteiger partial charge in [0.1, 0.15) is 13.5 Å². The Morgan fingerprint density at radius 3 is 2.67 bits per heavy atom. The topological polar surface area (TPSA) is 18.5 Å². The van der Waals surface area contributed by atoms with Crippen LogP contribution in [0, 0.1) is 0 Å². The minimum atomic E-state index is -1.84. The number of hydrogen-bond acceptors (Lipinski definition) is 2. The zero-order valence-electron chi connectivity index (χ0n) is 5.27. The van der Waals surface area contributed by atoms with Gasteiger partial charge in [-0.2, -0.15) is 0 Å². The van der Waals surface area contributed by atoms with Crippen LogP contribution >= 0.6 is 0 Å². The predicted octanol–water partition coefficient (Wildman–Crippen LogP) is 1.26. The molecule has 0 aromatic rings. The number of rotatable bonds is 5. The van der Waals surface area contributed by atoms with Gasteiger partial charge in [0, 0.05) is 6.61 Å². The van der Waals surface area contributed by atoms with Gasteiger partial charge in [-0.3, -0.25) is 0 Å². The molecule has 0 aliphatic heterocycles. The van der Waals surface area contributed by atoms with Crippen molar-refractivity contribution in [2.75, 3.05) is 20.1 Å². The summed E-state index contributed by atoms with van der Waals surface area (Å²) >= 11 is 0. The van der Waals surface area contributed by atoms with E-state index in [4.69, 9.17) is 0 Å². The molecule has 0 N–H and O–H groups in total. The molecule has 0 heterocycles. The predicted molar refractivity (Wildman–Crippen MR) is 28.4 cm³/mol. The quantitative estimate of drug-likeness (QED) is 0.423.